The highest BCUT2D eigenvalue weighted by Gasteiger charge is 2.11. The fraction of sp³-hybridized carbons (Fsp3) is 0.308. The number of nitrogens with zero attached hydrogens (tertiary/aromatic N) is 1. The van der Waals surface area contributed by atoms with Gasteiger partial charge in [-0.25, -0.2) is 9.37 Å². The molecule has 0 unspecified atom stereocenters. The van der Waals surface area contributed by atoms with Crippen LogP contribution in [0.2, 0.25) is 5.02 Å². The van der Waals surface area contributed by atoms with Crippen molar-refractivity contribution in [3.8, 4) is 0 Å². The van der Waals surface area contributed by atoms with Crippen LogP contribution < -0.4 is 5.73 Å². The van der Waals surface area contributed by atoms with E-state index in [1.54, 1.807) is 29.5 Å². The molecule has 0 fully saturated rings. The third-order valence-electron chi connectivity index (χ3n) is 2.68. The number of nitrogens with two attached hydrogens (primary N) is 1. The number of rotatable bonds is 4. The molecule has 0 saturated carbocycles. The predicted molar refractivity (Wildman–Crippen MR) is 73.8 cm³/mol. The predicted octanol–water partition coefficient (Wildman–Crippen LogP) is 3.34. The van der Waals surface area contributed by atoms with Gasteiger partial charge in [-0.1, -0.05) is 23.7 Å². The van der Waals surface area contributed by atoms with E-state index in [0.717, 1.165) is 17.1 Å². The van der Waals surface area contributed by atoms with Gasteiger partial charge < -0.3 is 5.73 Å². The van der Waals surface area contributed by atoms with Gasteiger partial charge in [0.1, 0.15) is 5.82 Å². The molecule has 1 aromatic carbocycles. The van der Waals surface area contributed by atoms with E-state index >= 15 is 0 Å². The van der Waals surface area contributed by atoms with Crippen LogP contribution in [0, 0.1) is 12.7 Å². The van der Waals surface area contributed by atoms with E-state index in [2.05, 4.69) is 4.98 Å². The molecule has 0 aliphatic rings. The molecular formula is C13H14ClFN2S. The number of thiazole rings is 1. The van der Waals surface area contributed by atoms with Crippen molar-refractivity contribution in [1.29, 1.82) is 0 Å². The fourth-order valence-electron chi connectivity index (χ4n) is 1.77. The summed E-state index contributed by atoms with van der Waals surface area (Å²) in [4.78, 5) is 5.62. The average molecular weight is 285 g/mol. The first-order valence-electron chi connectivity index (χ1n) is 5.70. The molecule has 0 aliphatic carbocycles. The smallest absolute Gasteiger partial charge is 0.145 e. The third-order valence-corrected chi connectivity index (χ3v) is 4.19. The zero-order valence-electron chi connectivity index (χ0n) is 10.0. The topological polar surface area (TPSA) is 38.9 Å². The lowest BCUT2D eigenvalue weighted by Gasteiger charge is -2.01. The Balaban J connectivity index is 2.23. The Kier molecular flexibility index (Phi) is 4.32. The van der Waals surface area contributed by atoms with E-state index < -0.39 is 0 Å². The lowest BCUT2D eigenvalue weighted by molar-refractivity contribution is 0.614. The van der Waals surface area contributed by atoms with Crippen LogP contribution in [0.25, 0.3) is 0 Å². The Bertz CT molecular complexity index is 554. The number of benzene rings is 1. The summed E-state index contributed by atoms with van der Waals surface area (Å²) >= 11 is 7.35. The molecule has 0 saturated heterocycles. The molecule has 0 amide bonds. The van der Waals surface area contributed by atoms with Gasteiger partial charge in [0.05, 0.1) is 15.7 Å². The molecule has 1 heterocycles. The molecule has 5 heteroatoms. The standard InChI is InChI=1S/C13H14ClFN2S/c1-8-11(5-6-16)18-12(17-8)7-9-3-2-4-10(14)13(9)15/h2-4H,5-7,16H2,1H3. The van der Waals surface area contributed by atoms with Crippen LogP contribution in [0.15, 0.2) is 18.2 Å². The minimum absolute atomic E-state index is 0.156. The minimum atomic E-state index is -0.354. The quantitative estimate of drug-likeness (QED) is 0.935. The number of halogens is 2. The summed E-state index contributed by atoms with van der Waals surface area (Å²) in [6.07, 6.45) is 1.30. The molecule has 96 valence electrons. The highest BCUT2D eigenvalue weighted by atomic mass is 35.5. The molecule has 2 aromatic rings. The van der Waals surface area contributed by atoms with Crippen LogP contribution in [0.5, 0.6) is 0 Å². The first kappa shape index (κ1) is 13.5. The van der Waals surface area contributed by atoms with Crippen molar-refractivity contribution < 1.29 is 4.39 Å². The first-order valence-corrected chi connectivity index (χ1v) is 6.89. The average Bonchev–Trinajstić information content (AvgIpc) is 2.66. The van der Waals surface area contributed by atoms with E-state index in [4.69, 9.17) is 17.3 Å². The molecule has 0 radical (unpaired) electrons. The number of hydrogen-bond acceptors (Lipinski definition) is 3. The van der Waals surface area contributed by atoms with Crippen molar-refractivity contribution in [2.75, 3.05) is 6.54 Å². The second kappa shape index (κ2) is 5.78. The highest BCUT2D eigenvalue weighted by Crippen LogP contribution is 2.24. The molecule has 2 rings (SSSR count). The summed E-state index contributed by atoms with van der Waals surface area (Å²) in [5.74, 6) is -0.354. The van der Waals surface area contributed by atoms with E-state index in [1.807, 2.05) is 6.92 Å². The minimum Gasteiger partial charge on any atom is -0.330 e. The molecule has 0 aliphatic heterocycles. The van der Waals surface area contributed by atoms with Crippen molar-refractivity contribution in [3.05, 3.63) is 50.2 Å². The largest absolute Gasteiger partial charge is 0.330 e. The van der Waals surface area contributed by atoms with Gasteiger partial charge in [-0.2, -0.15) is 0 Å². The second-order valence-corrected chi connectivity index (χ2v) is 5.62. The highest BCUT2D eigenvalue weighted by molar-refractivity contribution is 7.11. The Hall–Kier alpha value is -0.970. The zero-order valence-corrected chi connectivity index (χ0v) is 11.6. The SMILES string of the molecule is Cc1nc(Cc2cccc(Cl)c2F)sc1CCN. The number of hydrogen-bond donors (Lipinski definition) is 1. The van der Waals surface area contributed by atoms with E-state index in [9.17, 15) is 4.39 Å². The van der Waals surface area contributed by atoms with Crippen molar-refractivity contribution in [2.45, 2.75) is 19.8 Å². The van der Waals surface area contributed by atoms with Crippen LogP contribution in [-0.4, -0.2) is 11.5 Å². The molecule has 2 N–H and O–H groups in total. The summed E-state index contributed by atoms with van der Waals surface area (Å²) in [5.41, 5.74) is 7.10. The summed E-state index contributed by atoms with van der Waals surface area (Å²) in [6.45, 7) is 2.56. The third kappa shape index (κ3) is 2.88. The van der Waals surface area contributed by atoms with Crippen molar-refractivity contribution in [1.82, 2.24) is 4.98 Å². The summed E-state index contributed by atoms with van der Waals surface area (Å²) in [6, 6.07) is 5.04. The van der Waals surface area contributed by atoms with Crippen LogP contribution in [0.4, 0.5) is 4.39 Å². The molecular weight excluding hydrogens is 271 g/mol. The molecule has 0 atom stereocenters. The zero-order chi connectivity index (χ0) is 13.1. The van der Waals surface area contributed by atoms with Crippen LogP contribution in [0.3, 0.4) is 0 Å². The lowest BCUT2D eigenvalue weighted by atomic mass is 10.1. The van der Waals surface area contributed by atoms with Gasteiger partial charge in [-0.05, 0) is 31.5 Å². The van der Waals surface area contributed by atoms with Crippen LogP contribution in [0.1, 0.15) is 21.1 Å². The maximum Gasteiger partial charge on any atom is 0.145 e. The van der Waals surface area contributed by atoms with Gasteiger partial charge in [-0.15, -0.1) is 11.3 Å². The Labute approximate surface area is 115 Å². The van der Waals surface area contributed by atoms with Crippen LogP contribution >= 0.6 is 22.9 Å². The number of aryl methyl sites for hydroxylation is 1. The normalized spacial score (nSPS) is 10.9. The first-order chi connectivity index (χ1) is 8.61. The van der Waals surface area contributed by atoms with Crippen LogP contribution in [-0.2, 0) is 12.8 Å². The maximum atomic E-state index is 13.8. The summed E-state index contributed by atoms with van der Waals surface area (Å²) in [7, 11) is 0. The van der Waals surface area contributed by atoms with Gasteiger partial charge in [-0.3, -0.25) is 0 Å². The van der Waals surface area contributed by atoms with Crippen molar-refractivity contribution in [3.63, 3.8) is 0 Å². The lowest BCUT2D eigenvalue weighted by Crippen LogP contribution is -2.01. The van der Waals surface area contributed by atoms with Gasteiger partial charge in [0.25, 0.3) is 0 Å². The molecule has 2 nitrogen and oxygen atoms in total. The fourth-order valence-corrected chi connectivity index (χ4v) is 3.08. The van der Waals surface area contributed by atoms with E-state index in [1.165, 1.54) is 4.88 Å². The van der Waals surface area contributed by atoms with Gasteiger partial charge in [0, 0.05) is 11.3 Å². The Morgan fingerprint density at radius 3 is 2.94 bits per heavy atom. The molecule has 0 spiro atoms. The number of aromatic nitrogens is 1. The van der Waals surface area contributed by atoms with E-state index in [0.29, 0.717) is 18.5 Å². The van der Waals surface area contributed by atoms with Crippen molar-refractivity contribution >= 4 is 22.9 Å². The summed E-state index contributed by atoms with van der Waals surface area (Å²) < 4.78 is 13.8. The second-order valence-electron chi connectivity index (χ2n) is 4.04. The maximum absolute atomic E-state index is 13.8. The van der Waals surface area contributed by atoms with Gasteiger partial charge in [0.2, 0.25) is 0 Å². The Morgan fingerprint density at radius 2 is 2.22 bits per heavy atom. The molecule has 0 bridgehead atoms. The van der Waals surface area contributed by atoms with Gasteiger partial charge >= 0.3 is 0 Å². The van der Waals surface area contributed by atoms with E-state index in [-0.39, 0.29) is 10.8 Å². The summed E-state index contributed by atoms with van der Waals surface area (Å²) in [5, 5.41) is 1.06. The van der Waals surface area contributed by atoms with Crippen molar-refractivity contribution in [2.24, 2.45) is 5.73 Å². The Morgan fingerprint density at radius 1 is 1.44 bits per heavy atom. The monoisotopic (exact) mass is 284 g/mol. The molecule has 1 aromatic heterocycles. The molecule has 18 heavy (non-hydrogen) atoms. The van der Waals surface area contributed by atoms with Gasteiger partial charge in [0.15, 0.2) is 0 Å².